The van der Waals surface area contributed by atoms with E-state index in [4.69, 9.17) is 9.15 Å². The fourth-order valence-electron chi connectivity index (χ4n) is 2.30. The summed E-state index contributed by atoms with van der Waals surface area (Å²) in [5, 5.41) is 19.0. The maximum absolute atomic E-state index is 12.3. The number of carbonyl (C=O) groups is 1. The van der Waals surface area contributed by atoms with Gasteiger partial charge in [-0.1, -0.05) is 12.1 Å². The molecule has 1 atom stereocenters. The zero-order valence-electron chi connectivity index (χ0n) is 13.0. The van der Waals surface area contributed by atoms with Gasteiger partial charge in [-0.2, -0.15) is 5.10 Å². The topological polar surface area (TPSA) is 100 Å². The van der Waals surface area contributed by atoms with E-state index in [1.165, 1.54) is 6.26 Å². The van der Waals surface area contributed by atoms with Crippen LogP contribution in [0.1, 0.15) is 22.3 Å². The average molecular weight is 327 g/mol. The molecule has 1 aromatic carbocycles. The third-order valence-electron chi connectivity index (χ3n) is 3.56. The van der Waals surface area contributed by atoms with Crippen molar-refractivity contribution >= 4 is 5.91 Å². The molecule has 0 saturated heterocycles. The molecule has 0 aliphatic carbocycles. The van der Waals surface area contributed by atoms with Gasteiger partial charge in [-0.05, 0) is 30.3 Å². The highest BCUT2D eigenvalue weighted by Gasteiger charge is 2.19. The Kier molecular flexibility index (Phi) is 4.62. The first-order chi connectivity index (χ1) is 11.7. The van der Waals surface area contributed by atoms with Crippen LogP contribution in [0.5, 0.6) is 5.75 Å². The number of aromatic nitrogens is 2. The first-order valence-corrected chi connectivity index (χ1v) is 7.36. The van der Waals surface area contributed by atoms with Crippen LogP contribution in [0, 0.1) is 0 Å². The van der Waals surface area contributed by atoms with E-state index < -0.39 is 6.04 Å². The van der Waals surface area contributed by atoms with Crippen LogP contribution >= 0.6 is 0 Å². The molecular formula is C17H17N3O4. The molecule has 2 heterocycles. The molecule has 1 unspecified atom stereocenters. The first-order valence-electron chi connectivity index (χ1n) is 7.36. The predicted molar refractivity (Wildman–Crippen MR) is 86.6 cm³/mol. The van der Waals surface area contributed by atoms with Crippen molar-refractivity contribution < 1.29 is 19.1 Å². The number of ether oxygens (including phenoxy) is 1. The lowest BCUT2D eigenvalue weighted by Gasteiger charge is -2.12. The van der Waals surface area contributed by atoms with Crippen molar-refractivity contribution in [3.8, 4) is 17.0 Å². The molecule has 0 bridgehead atoms. The summed E-state index contributed by atoms with van der Waals surface area (Å²) in [6, 6.07) is 11.8. The van der Waals surface area contributed by atoms with E-state index in [1.54, 1.807) is 25.3 Å². The minimum Gasteiger partial charge on any atom is -0.497 e. The fourth-order valence-corrected chi connectivity index (χ4v) is 2.30. The molecule has 0 fully saturated rings. The Morgan fingerprint density at radius 1 is 1.38 bits per heavy atom. The number of hydrogen-bond acceptors (Lipinski definition) is 5. The van der Waals surface area contributed by atoms with Crippen molar-refractivity contribution in [3.63, 3.8) is 0 Å². The van der Waals surface area contributed by atoms with E-state index in [9.17, 15) is 9.90 Å². The maximum Gasteiger partial charge on any atom is 0.269 e. The van der Waals surface area contributed by atoms with Crippen molar-refractivity contribution in [3.05, 3.63) is 60.2 Å². The summed E-state index contributed by atoms with van der Waals surface area (Å²) in [6.45, 7) is -0.268. The Labute approximate surface area is 138 Å². The number of aromatic amines is 1. The Morgan fingerprint density at radius 2 is 2.25 bits per heavy atom. The lowest BCUT2D eigenvalue weighted by molar-refractivity contribution is 0.0902. The normalized spacial score (nSPS) is 11.9. The van der Waals surface area contributed by atoms with Crippen molar-refractivity contribution in [1.82, 2.24) is 15.5 Å². The number of carbonyl (C=O) groups excluding carboxylic acids is 1. The third-order valence-corrected chi connectivity index (χ3v) is 3.56. The van der Waals surface area contributed by atoms with Crippen LogP contribution in [-0.2, 0) is 0 Å². The molecule has 0 aliphatic rings. The van der Waals surface area contributed by atoms with Gasteiger partial charge >= 0.3 is 0 Å². The number of nitrogens with zero attached hydrogens (tertiary/aromatic N) is 1. The van der Waals surface area contributed by atoms with Crippen LogP contribution in [0.25, 0.3) is 11.3 Å². The molecular weight excluding hydrogens is 310 g/mol. The second kappa shape index (κ2) is 7.01. The molecule has 3 N–H and O–H groups in total. The Morgan fingerprint density at radius 3 is 2.96 bits per heavy atom. The zero-order valence-corrected chi connectivity index (χ0v) is 13.0. The van der Waals surface area contributed by atoms with Crippen LogP contribution in [0.2, 0.25) is 0 Å². The first kappa shape index (κ1) is 15.8. The van der Waals surface area contributed by atoms with E-state index in [1.807, 2.05) is 24.3 Å². The molecule has 1 amide bonds. The van der Waals surface area contributed by atoms with Gasteiger partial charge in [0, 0.05) is 5.56 Å². The van der Waals surface area contributed by atoms with Crippen molar-refractivity contribution in [2.24, 2.45) is 0 Å². The molecule has 7 nitrogen and oxygen atoms in total. The summed E-state index contributed by atoms with van der Waals surface area (Å²) >= 11 is 0. The third kappa shape index (κ3) is 3.31. The highest BCUT2D eigenvalue weighted by molar-refractivity contribution is 5.93. The lowest BCUT2D eigenvalue weighted by Crippen LogP contribution is -2.30. The predicted octanol–water partition coefficient (Wildman–Crippen LogP) is 2.14. The number of methoxy groups -OCH3 is 1. The van der Waals surface area contributed by atoms with Gasteiger partial charge < -0.3 is 19.6 Å². The van der Waals surface area contributed by atoms with E-state index in [0.717, 1.165) is 5.56 Å². The minimum absolute atomic E-state index is 0.268. The second-order valence-corrected chi connectivity index (χ2v) is 5.12. The van der Waals surface area contributed by atoms with E-state index in [-0.39, 0.29) is 18.2 Å². The highest BCUT2D eigenvalue weighted by Crippen LogP contribution is 2.23. The summed E-state index contributed by atoms with van der Waals surface area (Å²) in [4.78, 5) is 12.3. The van der Waals surface area contributed by atoms with Gasteiger partial charge in [0.25, 0.3) is 5.91 Å². The molecule has 0 aliphatic heterocycles. The average Bonchev–Trinajstić information content (AvgIpc) is 3.31. The van der Waals surface area contributed by atoms with Gasteiger partial charge in [-0.15, -0.1) is 0 Å². The molecule has 0 saturated carbocycles. The molecule has 2 aromatic heterocycles. The number of amides is 1. The standard InChI is InChI=1S/C17H17N3O4/c1-23-12-5-2-4-11(8-12)13-9-14(20-19-13)17(22)18-15(10-21)16-6-3-7-24-16/h2-9,15,21H,10H2,1H3,(H,18,22)(H,19,20). The number of rotatable bonds is 6. The van der Waals surface area contributed by atoms with Crippen LogP contribution in [0.3, 0.4) is 0 Å². The van der Waals surface area contributed by atoms with Crippen LogP contribution in [-0.4, -0.2) is 34.9 Å². The number of aliphatic hydroxyl groups is 1. The summed E-state index contributed by atoms with van der Waals surface area (Å²) in [5.41, 5.74) is 1.74. The van der Waals surface area contributed by atoms with Crippen LogP contribution < -0.4 is 10.1 Å². The molecule has 0 radical (unpaired) electrons. The van der Waals surface area contributed by atoms with Crippen LogP contribution in [0.15, 0.2) is 53.1 Å². The number of H-pyrrole nitrogens is 1. The Hall–Kier alpha value is -3.06. The summed E-state index contributed by atoms with van der Waals surface area (Å²) in [6.07, 6.45) is 1.49. The number of furan rings is 1. The lowest BCUT2D eigenvalue weighted by atomic mass is 10.1. The summed E-state index contributed by atoms with van der Waals surface area (Å²) < 4.78 is 10.4. The highest BCUT2D eigenvalue weighted by atomic mass is 16.5. The summed E-state index contributed by atoms with van der Waals surface area (Å²) in [7, 11) is 1.59. The molecule has 3 rings (SSSR count). The Balaban J connectivity index is 1.76. The largest absolute Gasteiger partial charge is 0.497 e. The monoisotopic (exact) mass is 327 g/mol. The fraction of sp³-hybridized carbons (Fsp3) is 0.176. The van der Waals surface area contributed by atoms with Crippen LogP contribution in [0.4, 0.5) is 0 Å². The quantitative estimate of drug-likeness (QED) is 0.644. The molecule has 0 spiro atoms. The summed E-state index contributed by atoms with van der Waals surface area (Å²) in [5.74, 6) is 0.810. The number of benzene rings is 1. The number of hydrogen-bond donors (Lipinski definition) is 3. The van der Waals surface area contributed by atoms with Gasteiger partial charge in [0.15, 0.2) is 0 Å². The number of nitrogens with one attached hydrogen (secondary N) is 2. The van der Waals surface area contributed by atoms with Gasteiger partial charge in [-0.3, -0.25) is 9.89 Å². The van der Waals surface area contributed by atoms with Crippen molar-refractivity contribution in [2.45, 2.75) is 6.04 Å². The number of aliphatic hydroxyl groups excluding tert-OH is 1. The van der Waals surface area contributed by atoms with Crippen molar-refractivity contribution in [1.29, 1.82) is 0 Å². The van der Waals surface area contributed by atoms with Gasteiger partial charge in [0.2, 0.25) is 0 Å². The molecule has 24 heavy (non-hydrogen) atoms. The van der Waals surface area contributed by atoms with E-state index in [2.05, 4.69) is 15.5 Å². The minimum atomic E-state index is -0.615. The molecule has 7 heteroatoms. The van der Waals surface area contributed by atoms with Gasteiger partial charge in [-0.25, -0.2) is 0 Å². The maximum atomic E-state index is 12.3. The zero-order chi connectivity index (χ0) is 16.9. The van der Waals surface area contributed by atoms with E-state index >= 15 is 0 Å². The molecule has 3 aromatic rings. The van der Waals surface area contributed by atoms with Gasteiger partial charge in [0.1, 0.15) is 23.2 Å². The van der Waals surface area contributed by atoms with Crippen molar-refractivity contribution in [2.75, 3.05) is 13.7 Å². The second-order valence-electron chi connectivity index (χ2n) is 5.12. The smallest absolute Gasteiger partial charge is 0.269 e. The molecule has 124 valence electrons. The SMILES string of the molecule is COc1cccc(-c2cc(C(=O)NC(CO)c3ccco3)[nH]n2)c1. The van der Waals surface area contributed by atoms with E-state index in [0.29, 0.717) is 17.2 Å². The van der Waals surface area contributed by atoms with Gasteiger partial charge in [0.05, 0.1) is 25.7 Å². The Bertz CT molecular complexity index is 811.